The Morgan fingerprint density at radius 1 is 1.14 bits per heavy atom. The summed E-state index contributed by atoms with van der Waals surface area (Å²) in [4.78, 5) is 11.8. The minimum Gasteiger partial charge on any atom is -0.506 e. The highest BCUT2D eigenvalue weighted by molar-refractivity contribution is 6.31. The Bertz CT molecular complexity index is 684. The SMILES string of the molecule is O=C(Cc1ccc(C(F)(F)F)cc1)Nc1cc(Cl)ccc1O. The van der Waals surface area contributed by atoms with E-state index in [-0.39, 0.29) is 17.9 Å². The Kier molecular flexibility index (Phi) is 4.61. The lowest BCUT2D eigenvalue weighted by Crippen LogP contribution is -2.14. The van der Waals surface area contributed by atoms with E-state index in [0.29, 0.717) is 10.6 Å². The minimum absolute atomic E-state index is 0.121. The van der Waals surface area contributed by atoms with E-state index in [2.05, 4.69) is 5.32 Å². The zero-order valence-corrected chi connectivity index (χ0v) is 11.9. The van der Waals surface area contributed by atoms with E-state index >= 15 is 0 Å². The molecule has 0 spiro atoms. The number of rotatable bonds is 3. The van der Waals surface area contributed by atoms with Crippen LogP contribution in [0, 0.1) is 0 Å². The van der Waals surface area contributed by atoms with Crippen molar-refractivity contribution in [3.05, 3.63) is 58.6 Å². The normalized spacial score (nSPS) is 11.3. The first-order chi connectivity index (χ1) is 10.3. The molecule has 1 amide bonds. The smallest absolute Gasteiger partial charge is 0.416 e. The molecule has 0 saturated carbocycles. The zero-order chi connectivity index (χ0) is 16.3. The van der Waals surface area contributed by atoms with Crippen LogP contribution in [0.25, 0.3) is 0 Å². The maximum absolute atomic E-state index is 12.4. The second-order valence-corrected chi connectivity index (χ2v) is 5.02. The molecule has 3 nitrogen and oxygen atoms in total. The van der Waals surface area contributed by atoms with E-state index in [0.717, 1.165) is 12.1 Å². The van der Waals surface area contributed by atoms with Crippen molar-refractivity contribution in [3.63, 3.8) is 0 Å². The molecule has 2 rings (SSSR count). The number of hydrogen-bond acceptors (Lipinski definition) is 2. The molecule has 7 heteroatoms. The second kappa shape index (κ2) is 6.27. The number of benzene rings is 2. The van der Waals surface area contributed by atoms with Crippen molar-refractivity contribution in [2.24, 2.45) is 0 Å². The van der Waals surface area contributed by atoms with Gasteiger partial charge in [0.15, 0.2) is 0 Å². The lowest BCUT2D eigenvalue weighted by Gasteiger charge is -2.09. The van der Waals surface area contributed by atoms with Gasteiger partial charge in [0.05, 0.1) is 17.7 Å². The Morgan fingerprint density at radius 3 is 2.36 bits per heavy atom. The van der Waals surface area contributed by atoms with Gasteiger partial charge in [0.1, 0.15) is 5.75 Å². The standard InChI is InChI=1S/C15H11ClF3NO2/c16-11-5-6-13(21)12(8-11)20-14(22)7-9-1-3-10(4-2-9)15(17,18)19/h1-6,8,21H,7H2,(H,20,22). The number of alkyl halides is 3. The van der Waals surface area contributed by atoms with Crippen LogP contribution in [0.4, 0.5) is 18.9 Å². The summed E-state index contributed by atoms with van der Waals surface area (Å²) in [5.74, 6) is -0.623. The van der Waals surface area contributed by atoms with Crippen LogP contribution in [-0.2, 0) is 17.4 Å². The molecule has 0 aliphatic rings. The number of halogens is 4. The first kappa shape index (κ1) is 16.2. The highest BCUT2D eigenvalue weighted by Crippen LogP contribution is 2.29. The van der Waals surface area contributed by atoms with Gasteiger partial charge < -0.3 is 10.4 Å². The van der Waals surface area contributed by atoms with Crippen molar-refractivity contribution in [2.45, 2.75) is 12.6 Å². The maximum atomic E-state index is 12.4. The molecule has 2 N–H and O–H groups in total. The van der Waals surface area contributed by atoms with Crippen LogP contribution >= 0.6 is 11.6 Å². The van der Waals surface area contributed by atoms with Gasteiger partial charge in [-0.3, -0.25) is 4.79 Å². The molecule has 0 aromatic heterocycles. The molecule has 0 unspecified atom stereocenters. The fraction of sp³-hybridized carbons (Fsp3) is 0.133. The van der Waals surface area contributed by atoms with Gasteiger partial charge in [0.25, 0.3) is 0 Å². The van der Waals surface area contributed by atoms with E-state index in [1.54, 1.807) is 0 Å². The molecule has 0 aliphatic heterocycles. The van der Waals surface area contributed by atoms with Crippen LogP contribution in [0.2, 0.25) is 5.02 Å². The number of amides is 1. The summed E-state index contributed by atoms with van der Waals surface area (Å²) in [7, 11) is 0. The third-order valence-electron chi connectivity index (χ3n) is 2.88. The van der Waals surface area contributed by atoms with E-state index in [1.165, 1.54) is 30.3 Å². The summed E-state index contributed by atoms with van der Waals surface area (Å²) in [5, 5.41) is 12.4. The zero-order valence-electron chi connectivity index (χ0n) is 11.1. The molecule has 22 heavy (non-hydrogen) atoms. The Hall–Kier alpha value is -2.21. The van der Waals surface area contributed by atoms with Crippen LogP contribution in [0.3, 0.4) is 0 Å². The molecule has 116 valence electrons. The van der Waals surface area contributed by atoms with Gasteiger partial charge in [-0.25, -0.2) is 0 Å². The summed E-state index contributed by atoms with van der Waals surface area (Å²) in [5.41, 5.74) is -0.208. The first-order valence-electron chi connectivity index (χ1n) is 6.20. The van der Waals surface area contributed by atoms with Crippen molar-refractivity contribution in [1.82, 2.24) is 0 Å². The van der Waals surface area contributed by atoms with Crippen molar-refractivity contribution in [2.75, 3.05) is 5.32 Å². The van der Waals surface area contributed by atoms with Gasteiger partial charge in [-0.2, -0.15) is 13.2 Å². The largest absolute Gasteiger partial charge is 0.506 e. The first-order valence-corrected chi connectivity index (χ1v) is 6.58. The van der Waals surface area contributed by atoms with Gasteiger partial charge in [-0.1, -0.05) is 23.7 Å². The molecule has 0 heterocycles. The Balaban J connectivity index is 2.04. The summed E-state index contributed by atoms with van der Waals surface area (Å²) < 4.78 is 37.3. The number of phenols is 1. The van der Waals surface area contributed by atoms with E-state index < -0.39 is 17.6 Å². The fourth-order valence-corrected chi connectivity index (χ4v) is 1.97. The molecule has 0 radical (unpaired) electrons. The summed E-state index contributed by atoms with van der Waals surface area (Å²) in [6.45, 7) is 0. The monoisotopic (exact) mass is 329 g/mol. The molecule has 0 atom stereocenters. The number of phenolic OH excluding ortho intramolecular Hbond substituents is 1. The molecular formula is C15H11ClF3NO2. The summed E-state index contributed by atoms with van der Waals surface area (Å²) >= 11 is 5.75. The molecule has 0 aliphatic carbocycles. The molecule has 0 saturated heterocycles. The predicted molar refractivity (Wildman–Crippen MR) is 76.9 cm³/mol. The number of anilines is 1. The van der Waals surface area contributed by atoms with Gasteiger partial charge >= 0.3 is 6.18 Å². The topological polar surface area (TPSA) is 49.3 Å². The van der Waals surface area contributed by atoms with Crippen LogP contribution < -0.4 is 5.32 Å². The third kappa shape index (κ3) is 4.14. The van der Waals surface area contributed by atoms with E-state index in [1.807, 2.05) is 0 Å². The molecular weight excluding hydrogens is 319 g/mol. The minimum atomic E-state index is -4.41. The van der Waals surface area contributed by atoms with Gasteiger partial charge in [0.2, 0.25) is 5.91 Å². The van der Waals surface area contributed by atoms with Gasteiger partial charge in [0, 0.05) is 5.02 Å². The Morgan fingerprint density at radius 2 is 1.77 bits per heavy atom. The average molecular weight is 330 g/mol. The quantitative estimate of drug-likeness (QED) is 0.827. The number of nitrogens with one attached hydrogen (secondary N) is 1. The lowest BCUT2D eigenvalue weighted by molar-refractivity contribution is -0.137. The van der Waals surface area contributed by atoms with Crippen LogP contribution in [0.5, 0.6) is 5.75 Å². The van der Waals surface area contributed by atoms with Crippen LogP contribution in [0.1, 0.15) is 11.1 Å². The fourth-order valence-electron chi connectivity index (χ4n) is 1.80. The lowest BCUT2D eigenvalue weighted by atomic mass is 10.1. The number of aromatic hydroxyl groups is 1. The number of carbonyl (C=O) groups excluding carboxylic acids is 1. The summed E-state index contributed by atoms with van der Waals surface area (Å²) in [6, 6.07) is 8.47. The van der Waals surface area contributed by atoms with E-state index in [9.17, 15) is 23.1 Å². The maximum Gasteiger partial charge on any atom is 0.416 e. The van der Waals surface area contributed by atoms with Gasteiger partial charge in [-0.05, 0) is 35.9 Å². The van der Waals surface area contributed by atoms with Crippen molar-refractivity contribution in [3.8, 4) is 5.75 Å². The molecule has 0 bridgehead atoms. The van der Waals surface area contributed by atoms with Crippen molar-refractivity contribution < 1.29 is 23.1 Å². The molecule has 2 aromatic carbocycles. The second-order valence-electron chi connectivity index (χ2n) is 4.58. The highest BCUT2D eigenvalue weighted by atomic mass is 35.5. The van der Waals surface area contributed by atoms with Crippen LogP contribution in [-0.4, -0.2) is 11.0 Å². The third-order valence-corrected chi connectivity index (χ3v) is 3.11. The van der Waals surface area contributed by atoms with Crippen molar-refractivity contribution in [1.29, 1.82) is 0 Å². The number of hydrogen-bond donors (Lipinski definition) is 2. The Labute approximate surface area is 129 Å². The molecule has 0 fully saturated rings. The summed E-state index contributed by atoms with van der Waals surface area (Å²) in [6.07, 6.45) is -4.53. The average Bonchev–Trinajstić information content (AvgIpc) is 2.42. The predicted octanol–water partition coefficient (Wildman–Crippen LogP) is 4.25. The molecule has 2 aromatic rings. The van der Waals surface area contributed by atoms with Gasteiger partial charge in [-0.15, -0.1) is 0 Å². The van der Waals surface area contributed by atoms with Crippen LogP contribution in [0.15, 0.2) is 42.5 Å². The number of carbonyl (C=O) groups is 1. The van der Waals surface area contributed by atoms with E-state index in [4.69, 9.17) is 11.6 Å². The highest BCUT2D eigenvalue weighted by Gasteiger charge is 2.29. The van der Waals surface area contributed by atoms with Crippen molar-refractivity contribution >= 4 is 23.2 Å².